The van der Waals surface area contributed by atoms with Crippen LogP contribution in [0.5, 0.6) is 5.75 Å². The van der Waals surface area contributed by atoms with Gasteiger partial charge in [-0.25, -0.2) is 0 Å². The molecule has 20 heavy (non-hydrogen) atoms. The standard InChI is InChI=1S/C17H25NO2/c1-3-4-5-17(19)18-11-10-14-7-6-13-8-9-15(20-2)12-16(13)14/h8-9,12,14H,3-7,10-11H2,1-2H3,(H,18,19)/t14-/m0/s1. The molecule has 0 unspecified atom stereocenters. The molecule has 1 atom stereocenters. The van der Waals surface area contributed by atoms with Gasteiger partial charge in [-0.1, -0.05) is 19.4 Å². The van der Waals surface area contributed by atoms with Crippen molar-refractivity contribution >= 4 is 5.91 Å². The van der Waals surface area contributed by atoms with Crippen molar-refractivity contribution in [1.29, 1.82) is 0 Å². The van der Waals surface area contributed by atoms with Gasteiger partial charge >= 0.3 is 0 Å². The van der Waals surface area contributed by atoms with Gasteiger partial charge in [-0.15, -0.1) is 0 Å². The smallest absolute Gasteiger partial charge is 0.219 e. The maximum absolute atomic E-state index is 11.6. The summed E-state index contributed by atoms with van der Waals surface area (Å²) in [5.41, 5.74) is 2.85. The van der Waals surface area contributed by atoms with Crippen LogP contribution in [-0.4, -0.2) is 19.6 Å². The molecule has 0 aromatic heterocycles. The summed E-state index contributed by atoms with van der Waals surface area (Å²) in [7, 11) is 1.71. The van der Waals surface area contributed by atoms with Crippen molar-refractivity contribution in [3.05, 3.63) is 29.3 Å². The Labute approximate surface area is 121 Å². The molecule has 1 N–H and O–H groups in total. The van der Waals surface area contributed by atoms with Crippen LogP contribution in [0.2, 0.25) is 0 Å². The Morgan fingerprint density at radius 2 is 2.30 bits per heavy atom. The zero-order chi connectivity index (χ0) is 14.4. The SMILES string of the molecule is CCCCC(=O)NCC[C@@H]1CCc2ccc(OC)cc21. The van der Waals surface area contributed by atoms with Gasteiger partial charge in [0.2, 0.25) is 5.91 Å². The molecule has 0 saturated carbocycles. The highest BCUT2D eigenvalue weighted by molar-refractivity contribution is 5.75. The fourth-order valence-electron chi connectivity index (χ4n) is 2.90. The van der Waals surface area contributed by atoms with Crippen LogP contribution in [-0.2, 0) is 11.2 Å². The van der Waals surface area contributed by atoms with E-state index in [1.807, 2.05) is 6.07 Å². The minimum absolute atomic E-state index is 0.190. The van der Waals surface area contributed by atoms with Crippen LogP contribution < -0.4 is 10.1 Å². The predicted molar refractivity (Wildman–Crippen MR) is 81.2 cm³/mol. The van der Waals surface area contributed by atoms with E-state index in [4.69, 9.17) is 4.74 Å². The molecule has 0 radical (unpaired) electrons. The number of carbonyl (C=O) groups excluding carboxylic acids is 1. The van der Waals surface area contributed by atoms with Gasteiger partial charge in [0, 0.05) is 13.0 Å². The van der Waals surface area contributed by atoms with E-state index < -0.39 is 0 Å². The maximum Gasteiger partial charge on any atom is 0.219 e. The zero-order valence-electron chi connectivity index (χ0n) is 12.6. The monoisotopic (exact) mass is 275 g/mol. The van der Waals surface area contributed by atoms with Crippen LogP contribution in [0.1, 0.15) is 56.1 Å². The number of nitrogens with one attached hydrogen (secondary N) is 1. The Morgan fingerprint density at radius 1 is 1.45 bits per heavy atom. The van der Waals surface area contributed by atoms with E-state index >= 15 is 0 Å². The molecule has 1 amide bonds. The molecule has 1 aromatic carbocycles. The molecule has 0 saturated heterocycles. The van der Waals surface area contributed by atoms with E-state index in [-0.39, 0.29) is 5.91 Å². The second kappa shape index (κ2) is 7.32. The first kappa shape index (κ1) is 14.9. The molecule has 0 fully saturated rings. The van der Waals surface area contributed by atoms with E-state index in [0.717, 1.165) is 38.0 Å². The summed E-state index contributed by atoms with van der Waals surface area (Å²) in [6, 6.07) is 6.37. The van der Waals surface area contributed by atoms with Gasteiger partial charge in [-0.3, -0.25) is 4.79 Å². The van der Waals surface area contributed by atoms with Crippen molar-refractivity contribution in [2.75, 3.05) is 13.7 Å². The van der Waals surface area contributed by atoms with Crippen LogP contribution in [0.4, 0.5) is 0 Å². The molecule has 3 nitrogen and oxygen atoms in total. The fourth-order valence-corrected chi connectivity index (χ4v) is 2.90. The van der Waals surface area contributed by atoms with Crippen LogP contribution in [0.25, 0.3) is 0 Å². The number of methoxy groups -OCH3 is 1. The van der Waals surface area contributed by atoms with Gasteiger partial charge in [-0.2, -0.15) is 0 Å². The Bertz CT molecular complexity index is 456. The average Bonchev–Trinajstić information content (AvgIpc) is 2.87. The highest BCUT2D eigenvalue weighted by Gasteiger charge is 2.22. The Balaban J connectivity index is 1.83. The molecule has 1 aliphatic rings. The number of rotatable bonds is 7. The molecule has 110 valence electrons. The number of carbonyl (C=O) groups is 1. The van der Waals surface area contributed by atoms with Gasteiger partial charge in [0.15, 0.2) is 0 Å². The third-order valence-corrected chi connectivity index (χ3v) is 4.13. The lowest BCUT2D eigenvalue weighted by Crippen LogP contribution is -2.25. The Morgan fingerprint density at radius 3 is 3.05 bits per heavy atom. The Kier molecular flexibility index (Phi) is 5.45. The van der Waals surface area contributed by atoms with E-state index in [2.05, 4.69) is 24.4 Å². The second-order valence-corrected chi connectivity index (χ2v) is 5.54. The molecule has 0 bridgehead atoms. The van der Waals surface area contributed by atoms with Gasteiger partial charge in [0.05, 0.1) is 7.11 Å². The Hall–Kier alpha value is -1.51. The first-order valence-corrected chi connectivity index (χ1v) is 7.68. The average molecular weight is 275 g/mol. The summed E-state index contributed by atoms with van der Waals surface area (Å²) in [6.45, 7) is 2.89. The normalized spacial score (nSPS) is 16.8. The summed E-state index contributed by atoms with van der Waals surface area (Å²) >= 11 is 0. The quantitative estimate of drug-likeness (QED) is 0.828. The first-order chi connectivity index (χ1) is 9.74. The summed E-state index contributed by atoms with van der Waals surface area (Å²) in [5.74, 6) is 1.69. The van der Waals surface area contributed by atoms with Gasteiger partial charge in [-0.05, 0) is 54.9 Å². The fraction of sp³-hybridized carbons (Fsp3) is 0.588. The number of fused-ring (bicyclic) bond motifs is 1. The topological polar surface area (TPSA) is 38.3 Å². The minimum Gasteiger partial charge on any atom is -0.497 e. The van der Waals surface area contributed by atoms with Gasteiger partial charge in [0.25, 0.3) is 0 Å². The van der Waals surface area contributed by atoms with Crippen LogP contribution in [0.3, 0.4) is 0 Å². The second-order valence-electron chi connectivity index (χ2n) is 5.54. The van der Waals surface area contributed by atoms with E-state index in [0.29, 0.717) is 12.3 Å². The van der Waals surface area contributed by atoms with Gasteiger partial charge < -0.3 is 10.1 Å². The number of hydrogen-bond acceptors (Lipinski definition) is 2. The molecule has 2 rings (SSSR count). The largest absolute Gasteiger partial charge is 0.497 e. The molecule has 0 spiro atoms. The lowest BCUT2D eigenvalue weighted by molar-refractivity contribution is -0.121. The highest BCUT2D eigenvalue weighted by Crippen LogP contribution is 2.37. The number of hydrogen-bond donors (Lipinski definition) is 1. The van der Waals surface area contributed by atoms with Crippen molar-refractivity contribution in [1.82, 2.24) is 5.32 Å². The highest BCUT2D eigenvalue weighted by atomic mass is 16.5. The number of aryl methyl sites for hydroxylation is 1. The number of benzene rings is 1. The van der Waals surface area contributed by atoms with E-state index in [1.165, 1.54) is 17.5 Å². The van der Waals surface area contributed by atoms with Crippen LogP contribution >= 0.6 is 0 Å². The third-order valence-electron chi connectivity index (χ3n) is 4.13. The van der Waals surface area contributed by atoms with Crippen LogP contribution in [0.15, 0.2) is 18.2 Å². The zero-order valence-corrected chi connectivity index (χ0v) is 12.6. The van der Waals surface area contributed by atoms with Crippen molar-refractivity contribution in [2.45, 2.75) is 51.4 Å². The van der Waals surface area contributed by atoms with Crippen molar-refractivity contribution < 1.29 is 9.53 Å². The van der Waals surface area contributed by atoms with E-state index in [1.54, 1.807) is 7.11 Å². The summed E-state index contributed by atoms with van der Waals surface area (Å²) < 4.78 is 5.31. The maximum atomic E-state index is 11.6. The number of amides is 1. The molecule has 1 aliphatic carbocycles. The summed E-state index contributed by atoms with van der Waals surface area (Å²) in [5, 5.41) is 3.03. The van der Waals surface area contributed by atoms with Crippen molar-refractivity contribution in [3.63, 3.8) is 0 Å². The number of unbranched alkanes of at least 4 members (excludes halogenated alkanes) is 1. The molecular weight excluding hydrogens is 250 g/mol. The van der Waals surface area contributed by atoms with Gasteiger partial charge in [0.1, 0.15) is 5.75 Å². The molecule has 1 aromatic rings. The summed E-state index contributed by atoms with van der Waals surface area (Å²) in [6.07, 6.45) is 6.07. The lowest BCUT2D eigenvalue weighted by Gasteiger charge is -2.13. The third kappa shape index (κ3) is 3.75. The summed E-state index contributed by atoms with van der Waals surface area (Å²) in [4.78, 5) is 11.6. The van der Waals surface area contributed by atoms with Crippen LogP contribution in [0, 0.1) is 0 Å². The predicted octanol–water partition coefficient (Wildman–Crippen LogP) is 3.42. The number of ether oxygens (including phenoxy) is 1. The molecule has 0 heterocycles. The molecule has 3 heteroatoms. The molecule has 0 aliphatic heterocycles. The van der Waals surface area contributed by atoms with Crippen molar-refractivity contribution in [2.24, 2.45) is 0 Å². The minimum atomic E-state index is 0.190. The first-order valence-electron chi connectivity index (χ1n) is 7.68. The lowest BCUT2D eigenvalue weighted by atomic mass is 9.97. The van der Waals surface area contributed by atoms with E-state index in [9.17, 15) is 4.79 Å². The van der Waals surface area contributed by atoms with Crippen molar-refractivity contribution in [3.8, 4) is 5.75 Å². The molecular formula is C17H25NO2.